The van der Waals surface area contributed by atoms with Crippen molar-refractivity contribution in [1.82, 2.24) is 10.3 Å². The maximum absolute atomic E-state index is 12.3. The van der Waals surface area contributed by atoms with E-state index >= 15 is 0 Å². The van der Waals surface area contributed by atoms with Crippen LogP contribution in [0.5, 0.6) is 0 Å². The van der Waals surface area contributed by atoms with Gasteiger partial charge in [-0.1, -0.05) is 18.2 Å². The summed E-state index contributed by atoms with van der Waals surface area (Å²) in [5, 5.41) is 4.38. The molecule has 0 aromatic heterocycles. The lowest BCUT2D eigenvalue weighted by Crippen LogP contribution is -2.71. The van der Waals surface area contributed by atoms with E-state index in [2.05, 4.69) is 15.4 Å². The van der Waals surface area contributed by atoms with Gasteiger partial charge in [-0.2, -0.15) is 5.10 Å². The maximum atomic E-state index is 12.3. The van der Waals surface area contributed by atoms with Crippen molar-refractivity contribution < 1.29 is 19.0 Å². The van der Waals surface area contributed by atoms with Gasteiger partial charge >= 0.3 is 0 Å². The first-order chi connectivity index (χ1) is 12.0. The topological polar surface area (TPSA) is 72.4 Å². The van der Waals surface area contributed by atoms with Gasteiger partial charge in [0.05, 0.1) is 0 Å². The molecule has 2 heterocycles. The molecule has 2 saturated heterocycles. The first-order valence-corrected chi connectivity index (χ1v) is 8.35. The Kier molecular flexibility index (Phi) is 4.92. The predicted octanol–water partition coefficient (Wildman–Crippen LogP) is 1.60. The van der Waals surface area contributed by atoms with Gasteiger partial charge in [0, 0.05) is 39.4 Å². The van der Waals surface area contributed by atoms with Crippen LogP contribution in [0.4, 0.5) is 0 Å². The summed E-state index contributed by atoms with van der Waals surface area (Å²) < 4.78 is 17.5. The molecule has 0 aliphatic carbocycles. The molecule has 2 atom stereocenters. The Balaban J connectivity index is 1.93. The molecule has 0 spiro atoms. The highest BCUT2D eigenvalue weighted by Gasteiger charge is 2.67. The monoisotopic (exact) mass is 347 g/mol. The minimum atomic E-state index is -1.17. The molecule has 0 radical (unpaired) electrons. The molecule has 136 valence electrons. The van der Waals surface area contributed by atoms with E-state index in [9.17, 15) is 4.79 Å². The van der Waals surface area contributed by atoms with Crippen LogP contribution in [0.15, 0.2) is 35.4 Å². The van der Waals surface area contributed by atoms with Crippen molar-refractivity contribution in [2.75, 3.05) is 28.4 Å². The average molecular weight is 347 g/mol. The Bertz CT molecular complexity index is 660. The highest BCUT2D eigenvalue weighted by atomic mass is 16.7. The summed E-state index contributed by atoms with van der Waals surface area (Å²) in [4.78, 5) is 14.5. The number of amides is 1. The molecule has 2 fully saturated rings. The number of benzene rings is 1. The average Bonchev–Trinajstić information content (AvgIpc) is 2.90. The lowest BCUT2D eigenvalue weighted by Gasteiger charge is -2.52. The van der Waals surface area contributed by atoms with Crippen molar-refractivity contribution in [2.24, 2.45) is 5.10 Å². The minimum Gasteiger partial charge on any atom is -0.357 e. The number of hydrazone groups is 1. The first kappa shape index (κ1) is 18.0. The number of ether oxygens (including phenoxy) is 3. The molecular weight excluding hydrogens is 322 g/mol. The number of nitrogens with one attached hydrogen (secondary N) is 1. The SMILES string of the molecule is COC1(OC)/C(=N/NC(=O)c2ccccc2)CC2CCC1(OC)N2C. The van der Waals surface area contributed by atoms with Gasteiger partial charge < -0.3 is 14.2 Å². The van der Waals surface area contributed by atoms with Crippen molar-refractivity contribution >= 4 is 11.6 Å². The third kappa shape index (κ3) is 2.58. The number of nitrogens with zero attached hydrogens (tertiary/aromatic N) is 2. The van der Waals surface area contributed by atoms with Crippen molar-refractivity contribution in [3.63, 3.8) is 0 Å². The summed E-state index contributed by atoms with van der Waals surface area (Å²) in [5.74, 6) is -1.44. The fourth-order valence-corrected chi connectivity index (χ4v) is 4.16. The normalized spacial score (nSPS) is 29.8. The Morgan fingerprint density at radius 3 is 2.48 bits per heavy atom. The zero-order chi connectivity index (χ0) is 18.1. The lowest BCUT2D eigenvalue weighted by molar-refractivity contribution is -0.314. The van der Waals surface area contributed by atoms with E-state index in [-0.39, 0.29) is 11.9 Å². The van der Waals surface area contributed by atoms with Crippen LogP contribution in [0.1, 0.15) is 29.6 Å². The standard InChI is InChI=1S/C18H25N3O4/c1-21-14-10-11-17(21,23-2)18(24-3,25-4)15(12-14)19-20-16(22)13-8-6-5-7-9-13/h5-9,14H,10-12H2,1-4H3,(H,20,22)/b19-15+. The van der Waals surface area contributed by atoms with Crippen LogP contribution >= 0.6 is 0 Å². The van der Waals surface area contributed by atoms with Crippen LogP contribution in [0, 0.1) is 0 Å². The predicted molar refractivity (Wildman–Crippen MR) is 93.2 cm³/mol. The van der Waals surface area contributed by atoms with Crippen molar-refractivity contribution in [3.8, 4) is 0 Å². The van der Waals surface area contributed by atoms with Crippen LogP contribution in [0.2, 0.25) is 0 Å². The fourth-order valence-electron chi connectivity index (χ4n) is 4.16. The molecule has 2 aliphatic rings. The fraction of sp³-hybridized carbons (Fsp3) is 0.556. The third-order valence-corrected chi connectivity index (χ3v) is 5.50. The summed E-state index contributed by atoms with van der Waals surface area (Å²) in [7, 11) is 6.81. The zero-order valence-electron chi connectivity index (χ0n) is 15.1. The summed E-state index contributed by atoms with van der Waals surface area (Å²) in [6, 6.07) is 9.24. The molecule has 2 aliphatic heterocycles. The number of piperidine rings is 1. The molecule has 3 rings (SSSR count). The van der Waals surface area contributed by atoms with Crippen LogP contribution in [0.25, 0.3) is 0 Å². The smallest absolute Gasteiger partial charge is 0.271 e. The first-order valence-electron chi connectivity index (χ1n) is 8.35. The number of rotatable bonds is 5. The van der Waals surface area contributed by atoms with Gasteiger partial charge in [-0.05, 0) is 32.0 Å². The van der Waals surface area contributed by atoms with Crippen LogP contribution < -0.4 is 5.43 Å². The van der Waals surface area contributed by atoms with Gasteiger partial charge in [0.2, 0.25) is 0 Å². The Labute approximate surface area is 147 Å². The van der Waals surface area contributed by atoms with Gasteiger partial charge in [0.15, 0.2) is 5.72 Å². The number of hydrogen-bond donors (Lipinski definition) is 1. The molecule has 2 unspecified atom stereocenters. The van der Waals surface area contributed by atoms with Crippen LogP contribution in [0.3, 0.4) is 0 Å². The third-order valence-electron chi connectivity index (χ3n) is 5.50. The molecule has 7 heteroatoms. The van der Waals surface area contributed by atoms with E-state index in [1.54, 1.807) is 33.5 Å². The molecule has 1 N–H and O–H groups in total. The van der Waals surface area contributed by atoms with Crippen LogP contribution in [-0.2, 0) is 14.2 Å². The van der Waals surface area contributed by atoms with Gasteiger partial charge in [-0.25, -0.2) is 5.43 Å². The summed E-state index contributed by atoms with van der Waals surface area (Å²) in [5.41, 5.74) is 3.04. The second-order valence-corrected chi connectivity index (χ2v) is 6.39. The van der Waals surface area contributed by atoms with E-state index in [0.717, 1.165) is 12.8 Å². The Hall–Kier alpha value is -1.80. The molecular formula is C18H25N3O4. The van der Waals surface area contributed by atoms with E-state index < -0.39 is 11.5 Å². The maximum Gasteiger partial charge on any atom is 0.271 e. The van der Waals surface area contributed by atoms with Crippen molar-refractivity contribution in [3.05, 3.63) is 35.9 Å². The second kappa shape index (κ2) is 6.84. The second-order valence-electron chi connectivity index (χ2n) is 6.39. The number of methoxy groups -OCH3 is 3. The van der Waals surface area contributed by atoms with Gasteiger partial charge in [0.25, 0.3) is 11.7 Å². The Morgan fingerprint density at radius 1 is 1.20 bits per heavy atom. The highest BCUT2D eigenvalue weighted by Crippen LogP contribution is 2.49. The van der Waals surface area contributed by atoms with E-state index in [0.29, 0.717) is 17.7 Å². The zero-order valence-corrected chi connectivity index (χ0v) is 15.1. The number of fused-ring (bicyclic) bond motifs is 2. The minimum absolute atomic E-state index is 0.269. The molecule has 25 heavy (non-hydrogen) atoms. The van der Waals surface area contributed by atoms with Crippen LogP contribution in [-0.4, -0.2) is 62.4 Å². The molecule has 2 bridgehead atoms. The van der Waals surface area contributed by atoms with Gasteiger partial charge in [-0.15, -0.1) is 0 Å². The number of carbonyl (C=O) groups excluding carboxylic acids is 1. The van der Waals surface area contributed by atoms with Crippen molar-refractivity contribution in [2.45, 2.75) is 36.8 Å². The quantitative estimate of drug-likeness (QED) is 0.647. The van der Waals surface area contributed by atoms with Crippen molar-refractivity contribution in [1.29, 1.82) is 0 Å². The number of carbonyl (C=O) groups is 1. The summed E-state index contributed by atoms with van der Waals surface area (Å²) in [6.07, 6.45) is 2.35. The Morgan fingerprint density at radius 2 is 1.88 bits per heavy atom. The van der Waals surface area contributed by atoms with E-state index in [4.69, 9.17) is 14.2 Å². The molecule has 7 nitrogen and oxygen atoms in total. The summed E-state index contributed by atoms with van der Waals surface area (Å²) >= 11 is 0. The summed E-state index contributed by atoms with van der Waals surface area (Å²) in [6.45, 7) is 0. The molecule has 0 saturated carbocycles. The van der Waals surface area contributed by atoms with Gasteiger partial charge in [0.1, 0.15) is 5.71 Å². The largest absolute Gasteiger partial charge is 0.357 e. The molecule has 1 amide bonds. The van der Waals surface area contributed by atoms with Gasteiger partial charge in [-0.3, -0.25) is 9.69 Å². The highest BCUT2D eigenvalue weighted by molar-refractivity contribution is 5.98. The van der Waals surface area contributed by atoms with E-state index in [1.807, 2.05) is 25.2 Å². The molecule has 1 aromatic rings. The van der Waals surface area contributed by atoms with E-state index in [1.165, 1.54) is 0 Å². The molecule has 1 aromatic carbocycles. The number of hydrogen-bond acceptors (Lipinski definition) is 6. The number of likely N-dealkylation sites (N-methyl/N-ethyl adjacent to an activating group) is 1. The lowest BCUT2D eigenvalue weighted by atomic mass is 9.90.